The van der Waals surface area contributed by atoms with Gasteiger partial charge in [0.2, 0.25) is 0 Å². The Hall–Kier alpha value is -1.61. The van der Waals surface area contributed by atoms with Gasteiger partial charge in [-0.3, -0.25) is 14.5 Å². The van der Waals surface area contributed by atoms with Gasteiger partial charge in [-0.25, -0.2) is 4.98 Å². The number of hydrogen-bond acceptors (Lipinski definition) is 8. The van der Waals surface area contributed by atoms with Crippen molar-refractivity contribution in [3.8, 4) is 0 Å². The summed E-state index contributed by atoms with van der Waals surface area (Å²) in [4.78, 5) is 32.4. The minimum absolute atomic E-state index is 0.000324. The van der Waals surface area contributed by atoms with Gasteiger partial charge in [0, 0.05) is 42.8 Å². The van der Waals surface area contributed by atoms with Crippen molar-refractivity contribution in [2.24, 2.45) is 17.8 Å². The van der Waals surface area contributed by atoms with Gasteiger partial charge in [-0.1, -0.05) is 33.6 Å². The van der Waals surface area contributed by atoms with E-state index >= 15 is 0 Å². The number of ketones is 1. The highest BCUT2D eigenvalue weighted by Gasteiger charge is 2.47. The van der Waals surface area contributed by atoms with Crippen molar-refractivity contribution in [2.75, 3.05) is 13.2 Å². The van der Waals surface area contributed by atoms with Crippen LogP contribution in [0.3, 0.4) is 0 Å². The second-order valence-corrected chi connectivity index (χ2v) is 11.6. The third-order valence-corrected chi connectivity index (χ3v) is 8.80. The Bertz CT molecular complexity index is 900. The summed E-state index contributed by atoms with van der Waals surface area (Å²) >= 11 is 1.57. The number of thiazole rings is 1. The van der Waals surface area contributed by atoms with Crippen LogP contribution in [0, 0.1) is 24.7 Å². The molecule has 0 spiro atoms. The minimum atomic E-state index is -1.04. The second kappa shape index (κ2) is 12.6. The number of hydrogen-bond donors (Lipinski definition) is 2. The van der Waals surface area contributed by atoms with Gasteiger partial charge in [0.25, 0.3) is 0 Å². The lowest BCUT2D eigenvalue weighted by Gasteiger charge is -2.26. The molecule has 0 bridgehead atoms. The molecule has 196 valence electrons. The molecule has 2 N–H and O–H groups in total. The molecular weight excluding hydrogens is 464 g/mol. The molecule has 2 fully saturated rings. The van der Waals surface area contributed by atoms with Gasteiger partial charge in [0.05, 0.1) is 29.8 Å². The molecular formula is C27H42N2O5S. The molecule has 2 unspecified atom stereocenters. The molecule has 2 aliphatic rings. The van der Waals surface area contributed by atoms with E-state index in [2.05, 4.69) is 23.7 Å². The van der Waals surface area contributed by atoms with Crippen LogP contribution in [0.1, 0.15) is 76.9 Å². The summed E-state index contributed by atoms with van der Waals surface area (Å²) in [5, 5.41) is 23.0. The van der Waals surface area contributed by atoms with Crippen molar-refractivity contribution in [1.29, 1.82) is 0 Å². The Morgan fingerprint density at radius 2 is 1.97 bits per heavy atom. The molecule has 3 rings (SSSR count). The molecule has 1 aromatic rings. The number of rotatable bonds is 4. The predicted octanol–water partition coefficient (Wildman–Crippen LogP) is 4.00. The average molecular weight is 507 g/mol. The van der Waals surface area contributed by atoms with Gasteiger partial charge in [0.15, 0.2) is 0 Å². The zero-order chi connectivity index (χ0) is 25.7. The number of aromatic nitrogens is 1. The molecule has 0 amide bonds. The lowest BCUT2D eigenvalue weighted by atomic mass is 9.79. The fourth-order valence-electron chi connectivity index (χ4n) is 5.40. The van der Waals surface area contributed by atoms with Crippen LogP contribution in [-0.4, -0.2) is 69.3 Å². The standard InChI is InChI=1S/C27H42N2O5S/c1-16-7-6-8-23-24(29(23)9-10-30)14-26(17(2)11-21-15-35-20(5)28-21)34-27(33)13-22(31)12-25(32)19(4)18(16)3/h11,15-16,18-19,22-24,26,30-31H,6-10,12-14H2,1-5H3/b17-11+/t16-,18-,19+,22+,23+,24?,26-,29?/m0/s1. The van der Waals surface area contributed by atoms with Crippen LogP contribution < -0.4 is 0 Å². The number of fused-ring (bicyclic) bond motifs is 1. The molecule has 0 aromatic carbocycles. The van der Waals surface area contributed by atoms with Gasteiger partial charge in [-0.05, 0) is 43.8 Å². The Labute approximate surface area is 213 Å². The fourth-order valence-corrected chi connectivity index (χ4v) is 5.97. The van der Waals surface area contributed by atoms with Crippen LogP contribution in [0.25, 0.3) is 6.08 Å². The number of esters is 1. The van der Waals surface area contributed by atoms with Crippen molar-refractivity contribution < 1.29 is 24.5 Å². The van der Waals surface area contributed by atoms with Crippen LogP contribution >= 0.6 is 11.3 Å². The van der Waals surface area contributed by atoms with Crippen LogP contribution in [0.2, 0.25) is 0 Å². The molecule has 3 heterocycles. The number of β-amino-alcohol motifs (C(OH)–C–C–N with tert-alkyl or cyclic N) is 1. The first-order valence-electron chi connectivity index (χ1n) is 13.0. The first-order valence-corrected chi connectivity index (χ1v) is 13.9. The van der Waals surface area contributed by atoms with Gasteiger partial charge >= 0.3 is 5.97 Å². The van der Waals surface area contributed by atoms with E-state index in [9.17, 15) is 19.8 Å². The maximum atomic E-state index is 12.8. The van der Waals surface area contributed by atoms with Crippen molar-refractivity contribution in [1.82, 2.24) is 9.88 Å². The Morgan fingerprint density at radius 1 is 1.23 bits per heavy atom. The normalized spacial score (nSPS) is 35.9. The molecule has 1 aromatic heterocycles. The molecule has 0 radical (unpaired) electrons. The summed E-state index contributed by atoms with van der Waals surface area (Å²) in [6.07, 6.45) is 3.99. The third kappa shape index (κ3) is 7.68. The first kappa shape index (κ1) is 28.0. The Balaban J connectivity index is 1.81. The quantitative estimate of drug-likeness (QED) is 0.470. The molecule has 0 aliphatic carbocycles. The summed E-state index contributed by atoms with van der Waals surface area (Å²) < 4.78 is 5.89. The molecule has 0 saturated carbocycles. The third-order valence-electron chi connectivity index (χ3n) is 8.01. The minimum Gasteiger partial charge on any atom is -0.458 e. The highest BCUT2D eigenvalue weighted by atomic mass is 32.1. The molecule has 35 heavy (non-hydrogen) atoms. The highest BCUT2D eigenvalue weighted by Crippen LogP contribution is 2.38. The zero-order valence-electron chi connectivity index (χ0n) is 21.8. The van der Waals surface area contributed by atoms with E-state index in [0.717, 1.165) is 35.5 Å². The van der Waals surface area contributed by atoms with Gasteiger partial charge in [0.1, 0.15) is 11.9 Å². The summed E-state index contributed by atoms with van der Waals surface area (Å²) in [6.45, 7) is 10.9. The number of aliphatic hydroxyl groups excluding tert-OH is 2. The second-order valence-electron chi connectivity index (χ2n) is 10.6. The van der Waals surface area contributed by atoms with Gasteiger partial charge in [-0.15, -0.1) is 11.3 Å². The zero-order valence-corrected chi connectivity index (χ0v) is 22.6. The van der Waals surface area contributed by atoms with E-state index in [1.807, 2.05) is 32.2 Å². The molecule has 8 atom stereocenters. The maximum absolute atomic E-state index is 12.8. The van der Waals surface area contributed by atoms with Gasteiger partial charge < -0.3 is 14.9 Å². The van der Waals surface area contributed by atoms with Crippen LogP contribution in [0.5, 0.6) is 0 Å². The van der Waals surface area contributed by atoms with Crippen molar-refractivity contribution in [3.05, 3.63) is 21.7 Å². The highest BCUT2D eigenvalue weighted by molar-refractivity contribution is 7.09. The van der Waals surface area contributed by atoms with Crippen LogP contribution in [0.4, 0.5) is 0 Å². The smallest absolute Gasteiger partial charge is 0.309 e. The summed E-state index contributed by atoms with van der Waals surface area (Å²) in [7, 11) is 0. The SMILES string of the molecule is C/C(=C\c1csc(C)n1)[C@@H]1CC2[C@@H](CCC[C@H](C)[C@H](C)[C@@H](C)C(=O)C[C@@H](O)CC(=O)O1)N2CCO. The molecule has 8 heteroatoms. The number of aryl methyl sites for hydroxylation is 1. The lowest BCUT2D eigenvalue weighted by Crippen LogP contribution is -2.30. The van der Waals surface area contributed by atoms with E-state index in [-0.39, 0.29) is 43.1 Å². The fraction of sp³-hybridized carbons (Fsp3) is 0.741. The number of Topliss-reactive ketones (excluding diaryl/α,β-unsaturated/α-hetero) is 1. The van der Waals surface area contributed by atoms with E-state index in [1.165, 1.54) is 0 Å². The lowest BCUT2D eigenvalue weighted by molar-refractivity contribution is -0.150. The molecule has 2 saturated heterocycles. The van der Waals surface area contributed by atoms with E-state index in [0.29, 0.717) is 24.9 Å². The summed E-state index contributed by atoms with van der Waals surface area (Å²) in [5.74, 6) is -0.0524. The molecule has 2 aliphatic heterocycles. The summed E-state index contributed by atoms with van der Waals surface area (Å²) in [6, 6.07) is 0.601. The number of nitrogens with zero attached hydrogens (tertiary/aromatic N) is 2. The predicted molar refractivity (Wildman–Crippen MR) is 138 cm³/mol. The molecule has 7 nitrogen and oxygen atoms in total. The Kier molecular flexibility index (Phi) is 10.0. The summed E-state index contributed by atoms with van der Waals surface area (Å²) in [5.41, 5.74) is 1.75. The Morgan fingerprint density at radius 3 is 2.63 bits per heavy atom. The van der Waals surface area contributed by atoms with Crippen LogP contribution in [0.15, 0.2) is 11.0 Å². The van der Waals surface area contributed by atoms with E-state index < -0.39 is 18.2 Å². The number of aliphatic hydroxyl groups is 2. The number of carbonyl (C=O) groups is 2. The number of carbonyl (C=O) groups excluding carboxylic acids is 2. The maximum Gasteiger partial charge on any atom is 0.309 e. The van der Waals surface area contributed by atoms with Crippen molar-refractivity contribution >= 4 is 29.2 Å². The van der Waals surface area contributed by atoms with E-state index in [1.54, 1.807) is 11.3 Å². The largest absolute Gasteiger partial charge is 0.458 e. The van der Waals surface area contributed by atoms with Crippen molar-refractivity contribution in [2.45, 2.75) is 97.4 Å². The number of ether oxygens (including phenoxy) is 1. The monoisotopic (exact) mass is 506 g/mol. The van der Waals surface area contributed by atoms with Gasteiger partial charge in [-0.2, -0.15) is 0 Å². The van der Waals surface area contributed by atoms with E-state index in [4.69, 9.17) is 4.74 Å². The van der Waals surface area contributed by atoms with Crippen LogP contribution in [-0.2, 0) is 14.3 Å². The average Bonchev–Trinajstić information content (AvgIpc) is 3.25. The first-order chi connectivity index (χ1) is 16.6. The number of cyclic esters (lactones) is 1. The topological polar surface area (TPSA) is 99.7 Å². The van der Waals surface area contributed by atoms with Crippen molar-refractivity contribution in [3.63, 3.8) is 0 Å².